The second-order valence-corrected chi connectivity index (χ2v) is 7.34. The lowest BCUT2D eigenvalue weighted by Crippen LogP contribution is -2.36. The summed E-state index contributed by atoms with van der Waals surface area (Å²) in [6.07, 6.45) is 8.70. The summed E-state index contributed by atoms with van der Waals surface area (Å²) in [7, 11) is 1.60. The second-order valence-electron chi connectivity index (χ2n) is 6.33. The van der Waals surface area contributed by atoms with Gasteiger partial charge in [0.15, 0.2) is 5.76 Å². The van der Waals surface area contributed by atoms with Gasteiger partial charge in [-0.2, -0.15) is 0 Å². The van der Waals surface area contributed by atoms with Crippen molar-refractivity contribution in [2.45, 2.75) is 49.4 Å². The number of hydrogen-bond donors (Lipinski definition) is 2. The molecule has 0 bridgehead atoms. The highest BCUT2D eigenvalue weighted by molar-refractivity contribution is 6.31. The van der Waals surface area contributed by atoms with Gasteiger partial charge in [0.05, 0.1) is 22.4 Å². The summed E-state index contributed by atoms with van der Waals surface area (Å²) in [6.45, 7) is 2.43. The SMILES string of the molecule is CCCC1C(C(=O)NCCCC2=CC(Cl)C(Cl)C=C2)=C(O)C(=O)N1C. The largest absolute Gasteiger partial charge is 0.503 e. The molecule has 2 rings (SSSR count). The van der Waals surface area contributed by atoms with Crippen LogP contribution in [0.3, 0.4) is 0 Å². The number of amides is 2. The Morgan fingerprint density at radius 1 is 1.36 bits per heavy atom. The fourth-order valence-corrected chi connectivity index (χ4v) is 3.47. The highest BCUT2D eigenvalue weighted by atomic mass is 35.5. The first kappa shape index (κ1) is 19.9. The molecule has 7 heteroatoms. The van der Waals surface area contributed by atoms with Crippen LogP contribution in [-0.2, 0) is 9.59 Å². The molecule has 5 nitrogen and oxygen atoms in total. The van der Waals surface area contributed by atoms with E-state index in [1.54, 1.807) is 7.05 Å². The predicted molar refractivity (Wildman–Crippen MR) is 99.9 cm³/mol. The Kier molecular flexibility index (Phi) is 6.96. The topological polar surface area (TPSA) is 69.6 Å². The summed E-state index contributed by atoms with van der Waals surface area (Å²) in [5.74, 6) is -1.31. The molecule has 1 heterocycles. The molecule has 2 aliphatic rings. The van der Waals surface area contributed by atoms with Gasteiger partial charge in [0.2, 0.25) is 0 Å². The number of alkyl halides is 2. The van der Waals surface area contributed by atoms with E-state index in [0.717, 1.165) is 24.8 Å². The molecule has 3 atom stereocenters. The van der Waals surface area contributed by atoms with E-state index >= 15 is 0 Å². The third-order valence-electron chi connectivity index (χ3n) is 4.48. The van der Waals surface area contributed by atoms with Crippen molar-refractivity contribution in [1.82, 2.24) is 10.2 Å². The molecule has 0 radical (unpaired) electrons. The Hall–Kier alpha value is -1.46. The molecule has 0 spiro atoms. The number of hydrogen-bond acceptors (Lipinski definition) is 3. The van der Waals surface area contributed by atoms with Crippen molar-refractivity contribution in [2.75, 3.05) is 13.6 Å². The van der Waals surface area contributed by atoms with Gasteiger partial charge in [-0.1, -0.05) is 37.1 Å². The second kappa shape index (κ2) is 8.77. The molecule has 1 aliphatic heterocycles. The first-order valence-electron chi connectivity index (χ1n) is 8.52. The first-order valence-corrected chi connectivity index (χ1v) is 9.39. The molecule has 1 aliphatic carbocycles. The Bertz CT molecular complexity index is 628. The van der Waals surface area contributed by atoms with Gasteiger partial charge in [-0.05, 0) is 19.3 Å². The zero-order valence-electron chi connectivity index (χ0n) is 14.5. The number of aliphatic hydroxyl groups excluding tert-OH is 1. The van der Waals surface area contributed by atoms with Crippen molar-refractivity contribution in [3.05, 3.63) is 35.1 Å². The number of likely N-dealkylation sites (N-methyl/N-ethyl adjacent to an activating group) is 1. The summed E-state index contributed by atoms with van der Waals surface area (Å²) in [6, 6.07) is -0.362. The van der Waals surface area contributed by atoms with E-state index in [1.807, 2.05) is 25.2 Å². The molecule has 25 heavy (non-hydrogen) atoms. The Morgan fingerprint density at radius 2 is 2.08 bits per heavy atom. The van der Waals surface area contributed by atoms with Crippen molar-refractivity contribution in [3.8, 4) is 0 Å². The molecule has 0 aromatic carbocycles. The van der Waals surface area contributed by atoms with E-state index in [-0.39, 0.29) is 28.3 Å². The molecule has 2 amide bonds. The lowest BCUT2D eigenvalue weighted by molar-refractivity contribution is -0.128. The molecule has 2 N–H and O–H groups in total. The van der Waals surface area contributed by atoms with Crippen LogP contribution in [0.4, 0.5) is 0 Å². The number of carbonyl (C=O) groups excluding carboxylic acids is 2. The van der Waals surface area contributed by atoms with Gasteiger partial charge in [-0.15, -0.1) is 23.2 Å². The fraction of sp³-hybridized carbons (Fsp3) is 0.556. The lowest BCUT2D eigenvalue weighted by Gasteiger charge is -2.21. The quantitative estimate of drug-likeness (QED) is 0.521. The maximum absolute atomic E-state index is 12.4. The first-order chi connectivity index (χ1) is 11.9. The maximum Gasteiger partial charge on any atom is 0.289 e. The molecule has 0 fully saturated rings. The van der Waals surface area contributed by atoms with Gasteiger partial charge < -0.3 is 15.3 Å². The standard InChI is InChI=1S/C18H24Cl2N2O3/c1-3-5-14-15(16(23)18(25)22(14)2)17(24)21-9-4-6-11-7-8-12(19)13(20)10-11/h7-8,10,12-14,23H,3-6,9H2,1-2H3,(H,21,24). The van der Waals surface area contributed by atoms with Crippen molar-refractivity contribution in [1.29, 1.82) is 0 Å². The zero-order chi connectivity index (χ0) is 18.6. The average Bonchev–Trinajstić information content (AvgIpc) is 2.79. The number of aliphatic hydroxyl groups is 1. The number of nitrogens with zero attached hydrogens (tertiary/aromatic N) is 1. The summed E-state index contributed by atoms with van der Waals surface area (Å²) in [5, 5.41) is 12.4. The minimum Gasteiger partial charge on any atom is -0.503 e. The van der Waals surface area contributed by atoms with E-state index in [1.165, 1.54) is 4.90 Å². The number of nitrogens with one attached hydrogen (secondary N) is 1. The number of rotatable bonds is 7. The van der Waals surface area contributed by atoms with E-state index in [2.05, 4.69) is 5.32 Å². The Labute approximate surface area is 158 Å². The van der Waals surface area contributed by atoms with Crippen LogP contribution < -0.4 is 5.32 Å². The van der Waals surface area contributed by atoms with Gasteiger partial charge in [-0.25, -0.2) is 0 Å². The normalized spacial score (nSPS) is 26.2. The van der Waals surface area contributed by atoms with Gasteiger partial charge in [-0.3, -0.25) is 9.59 Å². The van der Waals surface area contributed by atoms with E-state index in [4.69, 9.17) is 23.2 Å². The fourth-order valence-electron chi connectivity index (χ4n) is 3.08. The molecule has 0 saturated carbocycles. The molecule has 0 saturated heterocycles. The van der Waals surface area contributed by atoms with Gasteiger partial charge >= 0.3 is 0 Å². The zero-order valence-corrected chi connectivity index (χ0v) is 16.0. The molecule has 3 unspecified atom stereocenters. The van der Waals surface area contributed by atoms with Gasteiger partial charge in [0, 0.05) is 13.6 Å². The minimum absolute atomic E-state index is 0.178. The molecule has 0 aromatic heterocycles. The Balaban J connectivity index is 1.87. The molecular weight excluding hydrogens is 363 g/mol. The highest BCUT2D eigenvalue weighted by Crippen LogP contribution is 2.27. The summed E-state index contributed by atoms with van der Waals surface area (Å²) < 4.78 is 0. The smallest absolute Gasteiger partial charge is 0.289 e. The van der Waals surface area contributed by atoms with Crippen LogP contribution in [0.15, 0.2) is 35.1 Å². The average molecular weight is 387 g/mol. The minimum atomic E-state index is -0.495. The third-order valence-corrected chi connectivity index (χ3v) is 5.43. The summed E-state index contributed by atoms with van der Waals surface area (Å²) in [4.78, 5) is 25.7. The van der Waals surface area contributed by atoms with E-state index < -0.39 is 11.7 Å². The number of carbonyl (C=O) groups is 2. The number of halogens is 2. The predicted octanol–water partition coefficient (Wildman–Crippen LogP) is 3.05. The van der Waals surface area contributed by atoms with Crippen LogP contribution in [-0.4, -0.2) is 52.2 Å². The summed E-state index contributed by atoms with van der Waals surface area (Å²) in [5.41, 5.74) is 1.27. The van der Waals surface area contributed by atoms with E-state index in [9.17, 15) is 14.7 Å². The van der Waals surface area contributed by atoms with Crippen molar-refractivity contribution >= 4 is 35.0 Å². The van der Waals surface area contributed by atoms with Crippen LogP contribution in [0.2, 0.25) is 0 Å². The third kappa shape index (κ3) is 4.59. The lowest BCUT2D eigenvalue weighted by atomic mass is 10.0. The molecular formula is C18H24Cl2N2O3. The van der Waals surface area contributed by atoms with E-state index in [0.29, 0.717) is 13.0 Å². The van der Waals surface area contributed by atoms with Crippen LogP contribution >= 0.6 is 23.2 Å². The number of allylic oxidation sites excluding steroid dienone is 4. The van der Waals surface area contributed by atoms with Gasteiger partial charge in [0.1, 0.15) is 0 Å². The van der Waals surface area contributed by atoms with Crippen LogP contribution in [0.1, 0.15) is 32.6 Å². The van der Waals surface area contributed by atoms with Crippen molar-refractivity contribution in [2.24, 2.45) is 0 Å². The summed E-state index contributed by atoms with van der Waals surface area (Å²) >= 11 is 12.1. The molecule has 138 valence electrons. The van der Waals surface area contributed by atoms with Crippen molar-refractivity contribution < 1.29 is 14.7 Å². The highest BCUT2D eigenvalue weighted by Gasteiger charge is 2.39. The maximum atomic E-state index is 12.4. The monoisotopic (exact) mass is 386 g/mol. The van der Waals surface area contributed by atoms with Crippen LogP contribution in [0, 0.1) is 0 Å². The van der Waals surface area contributed by atoms with Crippen LogP contribution in [0.25, 0.3) is 0 Å². The van der Waals surface area contributed by atoms with Crippen LogP contribution in [0.5, 0.6) is 0 Å². The molecule has 0 aromatic rings. The Morgan fingerprint density at radius 3 is 2.72 bits per heavy atom. The van der Waals surface area contributed by atoms with Crippen molar-refractivity contribution in [3.63, 3.8) is 0 Å². The van der Waals surface area contributed by atoms with Gasteiger partial charge in [0.25, 0.3) is 11.8 Å².